The molecule has 1 heteroatoms. The standard InChI is InChI=1S/C12H17N/c1-8-4-9(2)12(10(3)5-8)11-6-13-7-11/h4-5,11,13H,6-7H2,1-3H3. The van der Waals surface area contributed by atoms with Crippen LogP contribution < -0.4 is 5.32 Å². The first-order valence-electron chi connectivity index (χ1n) is 4.97. The first-order chi connectivity index (χ1) is 6.18. The Labute approximate surface area is 80.2 Å². The van der Waals surface area contributed by atoms with Gasteiger partial charge in [-0.25, -0.2) is 0 Å². The summed E-state index contributed by atoms with van der Waals surface area (Å²) in [7, 11) is 0. The van der Waals surface area contributed by atoms with Crippen LogP contribution in [0.25, 0.3) is 0 Å². The number of benzene rings is 1. The molecule has 1 aliphatic rings. The van der Waals surface area contributed by atoms with Crippen LogP contribution in [0.2, 0.25) is 0 Å². The summed E-state index contributed by atoms with van der Waals surface area (Å²) in [5.74, 6) is 0.764. The molecule has 0 spiro atoms. The van der Waals surface area contributed by atoms with Gasteiger partial charge >= 0.3 is 0 Å². The third-order valence-corrected chi connectivity index (χ3v) is 2.93. The third-order valence-electron chi connectivity index (χ3n) is 2.93. The van der Waals surface area contributed by atoms with Crippen LogP contribution in [-0.2, 0) is 0 Å². The van der Waals surface area contributed by atoms with E-state index in [9.17, 15) is 0 Å². The zero-order valence-electron chi connectivity index (χ0n) is 8.65. The minimum absolute atomic E-state index is 0.764. The highest BCUT2D eigenvalue weighted by Gasteiger charge is 2.22. The molecule has 2 rings (SSSR count). The summed E-state index contributed by atoms with van der Waals surface area (Å²) < 4.78 is 0. The van der Waals surface area contributed by atoms with Crippen molar-refractivity contribution in [3.8, 4) is 0 Å². The van der Waals surface area contributed by atoms with E-state index in [1.54, 1.807) is 5.56 Å². The summed E-state index contributed by atoms with van der Waals surface area (Å²) in [5.41, 5.74) is 5.88. The molecular weight excluding hydrogens is 158 g/mol. The second-order valence-corrected chi connectivity index (χ2v) is 4.17. The van der Waals surface area contributed by atoms with Gasteiger partial charge in [0.2, 0.25) is 0 Å². The topological polar surface area (TPSA) is 12.0 Å². The Morgan fingerprint density at radius 2 is 1.62 bits per heavy atom. The van der Waals surface area contributed by atoms with Gasteiger partial charge in [0.25, 0.3) is 0 Å². The minimum atomic E-state index is 0.764. The highest BCUT2D eigenvalue weighted by atomic mass is 14.9. The average molecular weight is 175 g/mol. The van der Waals surface area contributed by atoms with Crippen molar-refractivity contribution < 1.29 is 0 Å². The Kier molecular flexibility index (Phi) is 2.12. The van der Waals surface area contributed by atoms with Gasteiger partial charge in [0.15, 0.2) is 0 Å². The van der Waals surface area contributed by atoms with Gasteiger partial charge in [0.1, 0.15) is 0 Å². The highest BCUT2D eigenvalue weighted by Crippen LogP contribution is 2.27. The molecule has 0 aliphatic carbocycles. The quantitative estimate of drug-likeness (QED) is 0.690. The Hall–Kier alpha value is -0.820. The molecule has 0 saturated carbocycles. The second kappa shape index (κ2) is 3.15. The lowest BCUT2D eigenvalue weighted by Gasteiger charge is -2.30. The Balaban J connectivity index is 2.43. The maximum atomic E-state index is 3.33. The molecule has 0 amide bonds. The molecular formula is C12H17N. The van der Waals surface area contributed by atoms with Crippen LogP contribution in [0.15, 0.2) is 12.1 Å². The molecule has 13 heavy (non-hydrogen) atoms. The van der Waals surface area contributed by atoms with E-state index in [4.69, 9.17) is 0 Å². The van der Waals surface area contributed by atoms with Gasteiger partial charge in [-0.3, -0.25) is 0 Å². The van der Waals surface area contributed by atoms with Gasteiger partial charge in [-0.1, -0.05) is 17.7 Å². The fourth-order valence-electron chi connectivity index (χ4n) is 2.33. The van der Waals surface area contributed by atoms with Crippen molar-refractivity contribution in [2.75, 3.05) is 13.1 Å². The highest BCUT2D eigenvalue weighted by molar-refractivity contribution is 5.41. The van der Waals surface area contributed by atoms with E-state index in [0.29, 0.717) is 0 Å². The fraction of sp³-hybridized carbons (Fsp3) is 0.500. The van der Waals surface area contributed by atoms with Crippen LogP contribution in [0.3, 0.4) is 0 Å². The number of hydrogen-bond acceptors (Lipinski definition) is 1. The van der Waals surface area contributed by atoms with Crippen LogP contribution in [0.4, 0.5) is 0 Å². The predicted octanol–water partition coefficient (Wildman–Crippen LogP) is 2.30. The molecule has 1 fully saturated rings. The molecule has 0 unspecified atom stereocenters. The molecule has 70 valence electrons. The summed E-state index contributed by atoms with van der Waals surface area (Å²) in [4.78, 5) is 0. The van der Waals surface area contributed by atoms with E-state index in [0.717, 1.165) is 19.0 Å². The SMILES string of the molecule is Cc1cc(C)c(C2CNC2)c(C)c1. The zero-order chi connectivity index (χ0) is 9.42. The summed E-state index contributed by atoms with van der Waals surface area (Å²) in [6.07, 6.45) is 0. The average Bonchev–Trinajstić information content (AvgIpc) is 1.92. The monoisotopic (exact) mass is 175 g/mol. The number of hydrogen-bond donors (Lipinski definition) is 1. The van der Waals surface area contributed by atoms with E-state index in [-0.39, 0.29) is 0 Å². The van der Waals surface area contributed by atoms with Gasteiger partial charge in [-0.15, -0.1) is 0 Å². The third kappa shape index (κ3) is 1.49. The van der Waals surface area contributed by atoms with E-state index in [2.05, 4.69) is 38.2 Å². The van der Waals surface area contributed by atoms with Crippen LogP contribution in [0.1, 0.15) is 28.2 Å². The summed E-state index contributed by atoms with van der Waals surface area (Å²) in [5, 5.41) is 3.33. The van der Waals surface area contributed by atoms with Gasteiger partial charge in [0.05, 0.1) is 0 Å². The summed E-state index contributed by atoms with van der Waals surface area (Å²) >= 11 is 0. The van der Waals surface area contributed by atoms with Gasteiger partial charge < -0.3 is 5.32 Å². The van der Waals surface area contributed by atoms with Crippen LogP contribution in [-0.4, -0.2) is 13.1 Å². The van der Waals surface area contributed by atoms with Gasteiger partial charge in [-0.05, 0) is 37.5 Å². The second-order valence-electron chi connectivity index (χ2n) is 4.17. The molecule has 1 aromatic rings. The van der Waals surface area contributed by atoms with Gasteiger partial charge in [-0.2, -0.15) is 0 Å². The summed E-state index contributed by atoms with van der Waals surface area (Å²) in [6.45, 7) is 8.94. The molecule has 1 aliphatic heterocycles. The van der Waals surface area contributed by atoms with Crippen molar-refractivity contribution >= 4 is 0 Å². The molecule has 1 aromatic carbocycles. The lowest BCUT2D eigenvalue weighted by atomic mass is 9.86. The number of rotatable bonds is 1. The van der Waals surface area contributed by atoms with Crippen molar-refractivity contribution in [3.63, 3.8) is 0 Å². The van der Waals surface area contributed by atoms with Gasteiger partial charge in [0, 0.05) is 19.0 Å². The van der Waals surface area contributed by atoms with Crippen molar-refractivity contribution in [1.82, 2.24) is 5.32 Å². The predicted molar refractivity (Wildman–Crippen MR) is 56.3 cm³/mol. The van der Waals surface area contributed by atoms with Crippen molar-refractivity contribution in [1.29, 1.82) is 0 Å². The first-order valence-corrected chi connectivity index (χ1v) is 4.97. The van der Waals surface area contributed by atoms with E-state index < -0.39 is 0 Å². The molecule has 1 nitrogen and oxygen atoms in total. The molecule has 0 aromatic heterocycles. The van der Waals surface area contributed by atoms with E-state index >= 15 is 0 Å². The van der Waals surface area contributed by atoms with Crippen LogP contribution in [0, 0.1) is 20.8 Å². The minimum Gasteiger partial charge on any atom is -0.315 e. The van der Waals surface area contributed by atoms with Crippen molar-refractivity contribution in [2.24, 2.45) is 0 Å². The normalized spacial score (nSPS) is 17.2. The molecule has 0 radical (unpaired) electrons. The Morgan fingerprint density at radius 3 is 2.00 bits per heavy atom. The zero-order valence-corrected chi connectivity index (χ0v) is 8.65. The molecule has 1 N–H and O–H groups in total. The van der Waals surface area contributed by atoms with E-state index in [1.807, 2.05) is 0 Å². The first kappa shape index (κ1) is 8.76. The van der Waals surface area contributed by atoms with Crippen LogP contribution in [0.5, 0.6) is 0 Å². The Morgan fingerprint density at radius 1 is 1.08 bits per heavy atom. The molecule has 1 saturated heterocycles. The van der Waals surface area contributed by atoms with Crippen molar-refractivity contribution in [2.45, 2.75) is 26.7 Å². The lowest BCUT2D eigenvalue weighted by Crippen LogP contribution is -2.40. The Bertz CT molecular complexity index is 301. The number of nitrogens with one attached hydrogen (secondary N) is 1. The van der Waals surface area contributed by atoms with E-state index in [1.165, 1.54) is 16.7 Å². The molecule has 0 bridgehead atoms. The largest absolute Gasteiger partial charge is 0.315 e. The van der Waals surface area contributed by atoms with Crippen molar-refractivity contribution in [3.05, 3.63) is 34.4 Å². The smallest absolute Gasteiger partial charge is 0.00938 e. The molecule has 1 heterocycles. The number of aryl methyl sites for hydroxylation is 3. The maximum Gasteiger partial charge on any atom is 0.00938 e. The van der Waals surface area contributed by atoms with Crippen LogP contribution >= 0.6 is 0 Å². The molecule has 0 atom stereocenters. The maximum absolute atomic E-state index is 3.33. The lowest BCUT2D eigenvalue weighted by molar-refractivity contribution is 0.445. The summed E-state index contributed by atoms with van der Waals surface area (Å²) in [6, 6.07) is 4.58. The fourth-order valence-corrected chi connectivity index (χ4v) is 2.33.